The summed E-state index contributed by atoms with van der Waals surface area (Å²) in [5.41, 5.74) is 2.29. The number of fused-ring (bicyclic) bond motifs is 1. The van der Waals surface area contributed by atoms with E-state index in [0.29, 0.717) is 5.16 Å². The van der Waals surface area contributed by atoms with Gasteiger partial charge < -0.3 is 5.32 Å². The fourth-order valence-electron chi connectivity index (χ4n) is 2.84. The van der Waals surface area contributed by atoms with Crippen LogP contribution in [0.15, 0.2) is 75.5 Å². The Balaban J connectivity index is 1.61. The molecule has 5 nitrogen and oxygen atoms in total. The lowest BCUT2D eigenvalue weighted by molar-refractivity contribution is -0.113. The van der Waals surface area contributed by atoms with E-state index >= 15 is 0 Å². The molecular weight excluding hydrogens is 378 g/mol. The summed E-state index contributed by atoms with van der Waals surface area (Å²) in [7, 11) is 0. The lowest BCUT2D eigenvalue weighted by Gasteiger charge is -2.13. The van der Waals surface area contributed by atoms with Crippen LogP contribution in [0.1, 0.15) is 5.69 Å². The lowest BCUT2D eigenvalue weighted by atomic mass is 10.3. The highest BCUT2D eigenvalue weighted by Gasteiger charge is 2.22. The molecule has 3 aromatic rings. The molecule has 0 spiro atoms. The van der Waals surface area contributed by atoms with E-state index in [2.05, 4.69) is 5.32 Å². The average molecular weight is 396 g/mol. The van der Waals surface area contributed by atoms with Crippen molar-refractivity contribution < 1.29 is 4.79 Å². The molecule has 1 aliphatic heterocycles. The zero-order valence-electron chi connectivity index (χ0n) is 14.4. The van der Waals surface area contributed by atoms with Crippen molar-refractivity contribution >= 4 is 35.1 Å². The fourth-order valence-corrected chi connectivity index (χ4v) is 4.70. The van der Waals surface area contributed by atoms with Crippen LogP contribution < -0.4 is 10.9 Å². The molecular formula is C20H17N3O2S2. The Morgan fingerprint density at radius 3 is 2.56 bits per heavy atom. The van der Waals surface area contributed by atoms with Gasteiger partial charge in [-0.2, -0.15) is 0 Å². The summed E-state index contributed by atoms with van der Waals surface area (Å²) in [6, 6.07) is 18.8. The minimum atomic E-state index is -0.130. The maximum atomic E-state index is 13.0. The summed E-state index contributed by atoms with van der Waals surface area (Å²) >= 11 is 2.83. The third-order valence-electron chi connectivity index (χ3n) is 4.07. The van der Waals surface area contributed by atoms with Gasteiger partial charge in [0.25, 0.3) is 5.56 Å². The number of hydrogen-bond acceptors (Lipinski definition) is 5. The molecule has 2 aromatic carbocycles. The number of rotatable bonds is 5. The van der Waals surface area contributed by atoms with E-state index in [1.165, 1.54) is 11.8 Å². The number of amides is 1. The molecule has 0 atom stereocenters. The minimum absolute atomic E-state index is 0.0559. The third kappa shape index (κ3) is 3.94. The number of carbonyl (C=O) groups is 1. The standard InChI is InChI=1S/C20H17N3O2S2/c24-17(21-14-7-3-1-4-8-14)13-27-20-22-16-11-12-26-18(16)19(25)23(20)15-9-5-2-6-10-15/h1-10H,11-13H2,(H,21,24). The number of aromatic nitrogens is 2. The van der Waals surface area contributed by atoms with Crippen molar-refractivity contribution in [1.29, 1.82) is 0 Å². The van der Waals surface area contributed by atoms with Crippen LogP contribution in [-0.4, -0.2) is 27.0 Å². The number of carbonyl (C=O) groups excluding carboxylic acids is 1. The molecule has 1 aromatic heterocycles. The first-order valence-corrected chi connectivity index (χ1v) is 10.5. The molecule has 1 amide bonds. The molecule has 136 valence electrons. The molecule has 4 rings (SSSR count). The third-order valence-corrected chi connectivity index (χ3v) is 6.12. The molecule has 2 heterocycles. The maximum absolute atomic E-state index is 13.0. The smallest absolute Gasteiger partial charge is 0.272 e. The van der Waals surface area contributed by atoms with E-state index < -0.39 is 0 Å². The molecule has 0 unspecified atom stereocenters. The van der Waals surface area contributed by atoms with Gasteiger partial charge in [-0.25, -0.2) is 4.98 Å². The van der Waals surface area contributed by atoms with E-state index in [0.717, 1.165) is 34.1 Å². The first-order chi connectivity index (χ1) is 13.2. The summed E-state index contributed by atoms with van der Waals surface area (Å²) < 4.78 is 1.61. The van der Waals surface area contributed by atoms with Gasteiger partial charge in [0.05, 0.1) is 22.0 Å². The quantitative estimate of drug-likeness (QED) is 0.528. The Morgan fingerprint density at radius 2 is 1.81 bits per heavy atom. The van der Waals surface area contributed by atoms with Gasteiger partial charge in [-0.15, -0.1) is 11.8 Å². The number of nitrogens with one attached hydrogen (secondary N) is 1. The van der Waals surface area contributed by atoms with Gasteiger partial charge in [-0.1, -0.05) is 48.2 Å². The summed E-state index contributed by atoms with van der Waals surface area (Å²) in [6.45, 7) is 0. The number of aryl methyl sites for hydroxylation is 1. The summed E-state index contributed by atoms with van der Waals surface area (Å²) in [6.07, 6.45) is 0.786. The molecule has 1 N–H and O–H groups in total. The minimum Gasteiger partial charge on any atom is -0.325 e. The van der Waals surface area contributed by atoms with E-state index in [4.69, 9.17) is 4.98 Å². The second-order valence-corrected chi connectivity index (χ2v) is 8.00. The van der Waals surface area contributed by atoms with Gasteiger partial charge >= 0.3 is 0 Å². The predicted molar refractivity (Wildman–Crippen MR) is 110 cm³/mol. The van der Waals surface area contributed by atoms with E-state index in [1.807, 2.05) is 60.7 Å². The van der Waals surface area contributed by atoms with Crippen molar-refractivity contribution in [3.05, 3.63) is 76.7 Å². The monoisotopic (exact) mass is 395 g/mol. The summed E-state index contributed by atoms with van der Waals surface area (Å²) in [4.78, 5) is 30.7. The van der Waals surface area contributed by atoms with Crippen molar-refractivity contribution in [2.75, 3.05) is 16.8 Å². The Morgan fingerprint density at radius 1 is 1.11 bits per heavy atom. The van der Waals surface area contributed by atoms with Gasteiger partial charge in [0.15, 0.2) is 5.16 Å². The van der Waals surface area contributed by atoms with Crippen LogP contribution in [0, 0.1) is 0 Å². The van der Waals surface area contributed by atoms with E-state index in [9.17, 15) is 9.59 Å². The van der Waals surface area contributed by atoms with Gasteiger partial charge in [0.2, 0.25) is 5.91 Å². The molecule has 27 heavy (non-hydrogen) atoms. The van der Waals surface area contributed by atoms with Gasteiger partial charge in [0.1, 0.15) is 0 Å². The van der Waals surface area contributed by atoms with Crippen LogP contribution >= 0.6 is 23.5 Å². The predicted octanol–water partition coefficient (Wildman–Crippen LogP) is 3.61. The largest absolute Gasteiger partial charge is 0.325 e. The van der Waals surface area contributed by atoms with Crippen molar-refractivity contribution in [3.63, 3.8) is 0 Å². The Bertz CT molecular complexity index is 1020. The van der Waals surface area contributed by atoms with Gasteiger partial charge in [-0.05, 0) is 24.3 Å². The normalized spacial score (nSPS) is 12.6. The fraction of sp³-hybridized carbons (Fsp3) is 0.150. The molecule has 0 radical (unpaired) electrons. The zero-order valence-corrected chi connectivity index (χ0v) is 16.1. The highest BCUT2D eigenvalue weighted by Crippen LogP contribution is 2.29. The number of anilines is 1. The first kappa shape index (κ1) is 17.9. The second-order valence-electron chi connectivity index (χ2n) is 5.95. The van der Waals surface area contributed by atoms with Crippen LogP contribution in [0.3, 0.4) is 0 Å². The Kier molecular flexibility index (Phi) is 5.31. The van der Waals surface area contributed by atoms with E-state index in [-0.39, 0.29) is 17.2 Å². The lowest BCUT2D eigenvalue weighted by Crippen LogP contribution is -2.24. The van der Waals surface area contributed by atoms with Gasteiger partial charge in [0, 0.05) is 17.9 Å². The SMILES string of the molecule is O=C(CSc1nc2c(c(=O)n1-c1ccccc1)SCC2)Nc1ccccc1. The number of nitrogens with zero attached hydrogens (tertiary/aromatic N) is 2. The number of hydrogen-bond donors (Lipinski definition) is 1. The number of benzene rings is 2. The molecule has 1 aliphatic rings. The van der Waals surface area contributed by atoms with Crippen LogP contribution in [0.2, 0.25) is 0 Å². The molecule has 0 bridgehead atoms. The van der Waals surface area contributed by atoms with Crippen molar-refractivity contribution in [1.82, 2.24) is 9.55 Å². The molecule has 0 fully saturated rings. The molecule has 0 saturated heterocycles. The topological polar surface area (TPSA) is 64.0 Å². The van der Waals surface area contributed by atoms with Crippen molar-refractivity contribution in [3.8, 4) is 5.69 Å². The van der Waals surface area contributed by atoms with Crippen LogP contribution in [-0.2, 0) is 11.2 Å². The second kappa shape index (κ2) is 8.02. The highest BCUT2D eigenvalue weighted by molar-refractivity contribution is 8.00. The highest BCUT2D eigenvalue weighted by atomic mass is 32.2. The van der Waals surface area contributed by atoms with Crippen LogP contribution in [0.25, 0.3) is 5.69 Å². The van der Waals surface area contributed by atoms with Crippen LogP contribution in [0.5, 0.6) is 0 Å². The Labute approximate surface area is 165 Å². The molecule has 0 saturated carbocycles. The van der Waals surface area contributed by atoms with Crippen LogP contribution in [0.4, 0.5) is 5.69 Å². The number of thioether (sulfide) groups is 2. The molecule has 0 aliphatic carbocycles. The number of para-hydroxylation sites is 2. The summed E-state index contributed by atoms with van der Waals surface area (Å²) in [5, 5.41) is 3.41. The van der Waals surface area contributed by atoms with Gasteiger partial charge in [-0.3, -0.25) is 14.2 Å². The summed E-state index contributed by atoms with van der Waals surface area (Å²) in [5.74, 6) is 0.921. The van der Waals surface area contributed by atoms with Crippen molar-refractivity contribution in [2.24, 2.45) is 0 Å². The van der Waals surface area contributed by atoms with E-state index in [1.54, 1.807) is 16.3 Å². The Hall–Kier alpha value is -2.51. The average Bonchev–Trinajstić information content (AvgIpc) is 3.17. The van der Waals surface area contributed by atoms with Crippen molar-refractivity contribution in [2.45, 2.75) is 16.5 Å². The molecule has 7 heteroatoms. The zero-order chi connectivity index (χ0) is 18.6. The first-order valence-electron chi connectivity index (χ1n) is 8.54. The maximum Gasteiger partial charge on any atom is 0.272 e.